The Labute approximate surface area is 141 Å². The summed E-state index contributed by atoms with van der Waals surface area (Å²) >= 11 is 0. The number of nitrogens with one attached hydrogen (secondary N) is 1. The lowest BCUT2D eigenvalue weighted by atomic mass is 9.54. The second-order valence-corrected chi connectivity index (χ2v) is 9.37. The minimum atomic E-state index is 0.0895. The Morgan fingerprint density at radius 3 is 2.22 bits per heavy atom. The van der Waals surface area contributed by atoms with E-state index < -0.39 is 0 Å². The molecule has 5 aliphatic rings. The first-order valence-electron chi connectivity index (χ1n) is 10.3. The minimum absolute atomic E-state index is 0.0895. The van der Waals surface area contributed by atoms with E-state index in [4.69, 9.17) is 0 Å². The highest BCUT2D eigenvalue weighted by atomic mass is 16.2. The van der Waals surface area contributed by atoms with Crippen LogP contribution in [0.3, 0.4) is 0 Å². The first-order valence-corrected chi connectivity index (χ1v) is 10.3. The maximum atomic E-state index is 12.7. The quantitative estimate of drug-likeness (QED) is 0.821. The number of carbonyl (C=O) groups is 1. The van der Waals surface area contributed by atoms with E-state index in [1.54, 1.807) is 0 Å². The Morgan fingerprint density at radius 2 is 1.61 bits per heavy atom. The summed E-state index contributed by atoms with van der Waals surface area (Å²) in [4.78, 5) is 12.7. The van der Waals surface area contributed by atoms with Crippen molar-refractivity contribution < 1.29 is 10.1 Å². The third-order valence-electron chi connectivity index (χ3n) is 7.66. The van der Waals surface area contributed by atoms with Gasteiger partial charge in [0.25, 0.3) is 5.91 Å². The summed E-state index contributed by atoms with van der Waals surface area (Å²) in [6.45, 7) is 4.43. The number of hydrogen-bond donors (Lipinski definition) is 2. The van der Waals surface area contributed by atoms with Gasteiger partial charge in [-0.05, 0) is 69.6 Å². The monoisotopic (exact) mass is 319 g/mol. The molecule has 0 spiro atoms. The van der Waals surface area contributed by atoms with Crippen LogP contribution in [0.5, 0.6) is 0 Å². The summed E-state index contributed by atoms with van der Waals surface area (Å²) in [7, 11) is 0. The zero-order chi connectivity index (χ0) is 16.0. The number of hydrogen-bond acceptors (Lipinski definition) is 1. The van der Waals surface area contributed by atoms with Gasteiger partial charge in [-0.15, -0.1) is 0 Å². The van der Waals surface area contributed by atoms with Crippen molar-refractivity contribution in [3.63, 3.8) is 0 Å². The lowest BCUT2D eigenvalue weighted by Gasteiger charge is -2.53. The van der Waals surface area contributed by atoms with Gasteiger partial charge in [0.15, 0.2) is 6.04 Å². The lowest BCUT2D eigenvalue weighted by Crippen LogP contribution is -3.00. The van der Waals surface area contributed by atoms with Crippen molar-refractivity contribution in [1.29, 1.82) is 0 Å². The van der Waals surface area contributed by atoms with Gasteiger partial charge in [-0.3, -0.25) is 4.79 Å². The molecule has 5 saturated carbocycles. The largest absolute Gasteiger partial charge is 0.348 e. The summed E-state index contributed by atoms with van der Waals surface area (Å²) < 4.78 is 0. The molecule has 4 bridgehead atoms. The average molecular weight is 320 g/mol. The fourth-order valence-corrected chi connectivity index (χ4v) is 6.55. The Balaban J connectivity index is 1.32. The van der Waals surface area contributed by atoms with E-state index in [1.165, 1.54) is 57.8 Å². The van der Waals surface area contributed by atoms with Crippen LogP contribution in [0.2, 0.25) is 0 Å². The summed E-state index contributed by atoms with van der Waals surface area (Å²) in [5.74, 6) is 4.78. The molecule has 0 aliphatic heterocycles. The van der Waals surface area contributed by atoms with Gasteiger partial charge in [-0.2, -0.15) is 0 Å². The summed E-state index contributed by atoms with van der Waals surface area (Å²) in [6.07, 6.45) is 12.4. The molecule has 5 aliphatic carbocycles. The summed E-state index contributed by atoms with van der Waals surface area (Å²) in [5.41, 5.74) is 0. The van der Waals surface area contributed by atoms with Crippen LogP contribution in [-0.2, 0) is 4.79 Å². The molecule has 3 heteroatoms. The molecule has 5 rings (SSSR count). The number of rotatable bonds is 4. The fourth-order valence-electron chi connectivity index (χ4n) is 6.55. The van der Waals surface area contributed by atoms with E-state index in [0.717, 1.165) is 29.7 Å². The Kier molecular flexibility index (Phi) is 4.42. The number of amides is 1. The van der Waals surface area contributed by atoms with Gasteiger partial charge in [0, 0.05) is 17.9 Å². The van der Waals surface area contributed by atoms with E-state index in [-0.39, 0.29) is 11.9 Å². The molecule has 0 heterocycles. The smallest absolute Gasteiger partial charge is 0.278 e. The van der Waals surface area contributed by atoms with Crippen LogP contribution in [0.1, 0.15) is 71.6 Å². The van der Waals surface area contributed by atoms with Crippen molar-refractivity contribution in [3.05, 3.63) is 0 Å². The van der Waals surface area contributed by atoms with Gasteiger partial charge in [0.1, 0.15) is 0 Å². The van der Waals surface area contributed by atoms with Crippen molar-refractivity contribution in [2.24, 2.45) is 29.6 Å². The van der Waals surface area contributed by atoms with Gasteiger partial charge < -0.3 is 10.6 Å². The molecular weight excluding hydrogens is 284 g/mol. The first-order chi connectivity index (χ1) is 11.1. The zero-order valence-corrected chi connectivity index (χ0v) is 15.0. The van der Waals surface area contributed by atoms with Crippen LogP contribution in [-0.4, -0.2) is 24.0 Å². The van der Waals surface area contributed by atoms with Crippen molar-refractivity contribution in [3.8, 4) is 0 Å². The van der Waals surface area contributed by atoms with E-state index in [1.807, 2.05) is 0 Å². The molecule has 1 amide bonds. The van der Waals surface area contributed by atoms with E-state index >= 15 is 0 Å². The third-order valence-corrected chi connectivity index (χ3v) is 7.66. The van der Waals surface area contributed by atoms with Crippen LogP contribution in [0.4, 0.5) is 0 Å². The van der Waals surface area contributed by atoms with Gasteiger partial charge in [0.2, 0.25) is 0 Å². The van der Waals surface area contributed by atoms with Crippen molar-refractivity contribution in [2.75, 3.05) is 0 Å². The zero-order valence-electron chi connectivity index (χ0n) is 15.0. The van der Waals surface area contributed by atoms with Crippen LogP contribution in [0.15, 0.2) is 0 Å². The predicted octanol–water partition coefficient (Wildman–Crippen LogP) is 2.46. The van der Waals surface area contributed by atoms with Crippen molar-refractivity contribution in [2.45, 2.75) is 89.8 Å². The van der Waals surface area contributed by atoms with Gasteiger partial charge in [0.05, 0.1) is 6.04 Å². The van der Waals surface area contributed by atoms with Crippen LogP contribution >= 0.6 is 0 Å². The molecule has 0 saturated heterocycles. The summed E-state index contributed by atoms with van der Waals surface area (Å²) in [5, 5.41) is 5.83. The molecule has 0 aromatic rings. The topological polar surface area (TPSA) is 45.7 Å². The second kappa shape index (κ2) is 6.38. The molecule has 3 nitrogen and oxygen atoms in total. The number of carbonyl (C=O) groups excluding carboxylic acids is 1. The molecule has 0 unspecified atom stereocenters. The molecule has 3 N–H and O–H groups in total. The second-order valence-electron chi connectivity index (χ2n) is 9.37. The average Bonchev–Trinajstić information content (AvgIpc) is 2.52. The van der Waals surface area contributed by atoms with Crippen LogP contribution in [0, 0.1) is 29.6 Å². The van der Waals surface area contributed by atoms with E-state index in [9.17, 15) is 4.79 Å². The molecule has 0 radical (unpaired) electrons. The van der Waals surface area contributed by atoms with Gasteiger partial charge in [-0.25, -0.2) is 0 Å². The third kappa shape index (κ3) is 3.18. The van der Waals surface area contributed by atoms with Gasteiger partial charge >= 0.3 is 0 Å². The van der Waals surface area contributed by atoms with Crippen LogP contribution < -0.4 is 10.6 Å². The number of nitrogens with two attached hydrogens (primary N) is 1. The molecule has 5 fully saturated rings. The van der Waals surface area contributed by atoms with Crippen molar-refractivity contribution >= 4 is 5.91 Å². The standard InChI is InChI=1S/C20H34N2O/c1-12-5-3-4-6-18(12)22-20(23)13(2)21-19-16-8-14-7-15(10-16)11-17(19)9-14/h12-19,21H,3-11H2,1-2H3,(H,22,23)/p+1/t12-,13+,14?,15?,16?,17?,18+,19?/m0/s1. The maximum absolute atomic E-state index is 12.7. The highest BCUT2D eigenvalue weighted by Gasteiger charge is 2.50. The maximum Gasteiger partial charge on any atom is 0.278 e. The number of quaternary nitrogens is 1. The fraction of sp³-hybridized carbons (Fsp3) is 0.950. The molecule has 23 heavy (non-hydrogen) atoms. The van der Waals surface area contributed by atoms with Crippen molar-refractivity contribution in [1.82, 2.24) is 5.32 Å². The minimum Gasteiger partial charge on any atom is -0.348 e. The van der Waals surface area contributed by atoms with E-state index in [0.29, 0.717) is 12.0 Å². The molecule has 0 aromatic carbocycles. The SMILES string of the molecule is C[C@@H]([NH2+]C1C2CC3CC(C2)CC1C3)C(=O)N[C@@H]1CCCC[C@@H]1C. The Bertz CT molecular complexity index is 421. The van der Waals surface area contributed by atoms with Crippen LogP contribution in [0.25, 0.3) is 0 Å². The first kappa shape index (κ1) is 15.9. The molecule has 3 atom stereocenters. The summed E-state index contributed by atoms with van der Waals surface area (Å²) in [6, 6.07) is 1.24. The van der Waals surface area contributed by atoms with Gasteiger partial charge in [-0.1, -0.05) is 19.8 Å². The highest BCUT2D eigenvalue weighted by molar-refractivity contribution is 5.80. The molecule has 130 valence electrons. The molecular formula is C20H35N2O+. The van der Waals surface area contributed by atoms with E-state index in [2.05, 4.69) is 24.5 Å². The molecule has 0 aromatic heterocycles. The normalized spacial score (nSPS) is 46.6. The highest BCUT2D eigenvalue weighted by Crippen LogP contribution is 2.52. The predicted molar refractivity (Wildman–Crippen MR) is 91.8 cm³/mol. The lowest BCUT2D eigenvalue weighted by molar-refractivity contribution is -0.725. The Morgan fingerprint density at radius 1 is 1.00 bits per heavy atom. The Hall–Kier alpha value is -0.570.